The minimum atomic E-state index is -3.52. The molecule has 0 radical (unpaired) electrons. The van der Waals surface area contributed by atoms with Crippen LogP contribution in [-0.4, -0.2) is 46.6 Å². The first-order valence-electron chi connectivity index (χ1n) is 6.74. The van der Waals surface area contributed by atoms with Crippen molar-refractivity contribution in [2.24, 2.45) is 0 Å². The zero-order valence-corrected chi connectivity index (χ0v) is 14.2. The fourth-order valence-corrected chi connectivity index (χ4v) is 3.32. The lowest BCUT2D eigenvalue weighted by molar-refractivity contribution is 0.189. The van der Waals surface area contributed by atoms with E-state index in [4.69, 9.17) is 21.1 Å². The lowest BCUT2D eigenvalue weighted by atomic mass is 10.2. The molecule has 0 saturated heterocycles. The number of alkyl halides is 1. The number of halogens is 1. The lowest BCUT2D eigenvalue weighted by Crippen LogP contribution is -2.28. The fourth-order valence-electron chi connectivity index (χ4n) is 1.85. The number of rotatable bonds is 9. The molecule has 0 aliphatic carbocycles. The molecule has 0 heterocycles. The Balaban J connectivity index is 2.97. The maximum absolute atomic E-state index is 12.5. The minimum absolute atomic E-state index is 0.200. The summed E-state index contributed by atoms with van der Waals surface area (Å²) in [7, 11) is -0.372. The van der Waals surface area contributed by atoms with Crippen molar-refractivity contribution in [3.8, 4) is 5.75 Å². The third kappa shape index (κ3) is 4.85. The van der Waals surface area contributed by atoms with Crippen molar-refractivity contribution in [2.45, 2.75) is 24.1 Å². The van der Waals surface area contributed by atoms with Crippen LogP contribution < -0.4 is 4.74 Å². The average molecular weight is 336 g/mol. The maximum atomic E-state index is 12.5. The summed E-state index contributed by atoms with van der Waals surface area (Å²) in [6, 6.07) is 4.76. The second kappa shape index (κ2) is 8.58. The van der Waals surface area contributed by atoms with Crippen LogP contribution in [0.5, 0.6) is 5.75 Å². The molecular weight excluding hydrogens is 314 g/mol. The second-order valence-corrected chi connectivity index (χ2v) is 6.82. The molecule has 21 heavy (non-hydrogen) atoms. The van der Waals surface area contributed by atoms with Gasteiger partial charge in [0.05, 0.1) is 17.4 Å². The molecule has 0 aliphatic heterocycles. The molecule has 1 aromatic carbocycles. The molecule has 0 N–H and O–H groups in total. The molecule has 1 aromatic rings. The molecule has 5 nitrogen and oxygen atoms in total. The smallest absolute Gasteiger partial charge is 0.242 e. The zero-order chi connectivity index (χ0) is 15.9. The normalized spacial score (nSPS) is 11.9. The summed E-state index contributed by atoms with van der Waals surface area (Å²) >= 11 is 5.87. The van der Waals surface area contributed by atoms with Gasteiger partial charge in [-0.1, -0.05) is 0 Å². The van der Waals surface area contributed by atoms with E-state index in [-0.39, 0.29) is 10.8 Å². The molecule has 0 amide bonds. The standard InChI is InChI=1S/C14H22ClNO4S/c1-4-20-14-7-6-13(10-12(14)11-15)21(17,18)16(2)8-5-9-19-3/h6-7,10H,4-5,8-9,11H2,1-3H3. The Morgan fingerprint density at radius 3 is 2.62 bits per heavy atom. The number of methoxy groups -OCH3 is 1. The van der Waals surface area contributed by atoms with Crippen LogP contribution in [0, 0.1) is 0 Å². The molecule has 0 saturated carbocycles. The first-order valence-corrected chi connectivity index (χ1v) is 8.71. The third-order valence-corrected chi connectivity index (χ3v) is 5.15. The van der Waals surface area contributed by atoms with Crippen molar-refractivity contribution in [2.75, 3.05) is 33.9 Å². The topological polar surface area (TPSA) is 55.8 Å². The van der Waals surface area contributed by atoms with Crippen molar-refractivity contribution in [3.63, 3.8) is 0 Å². The van der Waals surface area contributed by atoms with Gasteiger partial charge in [-0.15, -0.1) is 11.6 Å². The fraction of sp³-hybridized carbons (Fsp3) is 0.571. The summed E-state index contributed by atoms with van der Waals surface area (Å²) in [5.41, 5.74) is 0.671. The largest absolute Gasteiger partial charge is 0.494 e. The average Bonchev–Trinajstić information content (AvgIpc) is 2.47. The highest BCUT2D eigenvalue weighted by molar-refractivity contribution is 7.89. The van der Waals surface area contributed by atoms with E-state index in [2.05, 4.69) is 0 Å². The van der Waals surface area contributed by atoms with E-state index >= 15 is 0 Å². The van der Waals surface area contributed by atoms with Gasteiger partial charge < -0.3 is 9.47 Å². The summed E-state index contributed by atoms with van der Waals surface area (Å²) in [6.07, 6.45) is 0.644. The molecule has 7 heteroatoms. The summed E-state index contributed by atoms with van der Waals surface area (Å²) in [6.45, 7) is 3.30. The quantitative estimate of drug-likeness (QED) is 0.514. The molecule has 1 rings (SSSR count). The highest BCUT2D eigenvalue weighted by Crippen LogP contribution is 2.25. The van der Waals surface area contributed by atoms with Gasteiger partial charge in [0.1, 0.15) is 5.75 Å². The van der Waals surface area contributed by atoms with Crippen molar-refractivity contribution in [1.82, 2.24) is 4.31 Å². The summed E-state index contributed by atoms with van der Waals surface area (Å²) in [5, 5.41) is 0. The van der Waals surface area contributed by atoms with E-state index < -0.39 is 10.0 Å². The van der Waals surface area contributed by atoms with E-state index in [0.29, 0.717) is 37.5 Å². The van der Waals surface area contributed by atoms with E-state index in [1.54, 1.807) is 32.4 Å². The van der Waals surface area contributed by atoms with Crippen molar-refractivity contribution in [3.05, 3.63) is 23.8 Å². The number of nitrogens with zero attached hydrogens (tertiary/aromatic N) is 1. The molecule has 0 unspecified atom stereocenters. The molecule has 0 spiro atoms. The van der Waals surface area contributed by atoms with Crippen molar-refractivity contribution in [1.29, 1.82) is 0 Å². The Bertz CT molecular complexity index is 548. The first-order chi connectivity index (χ1) is 9.97. The lowest BCUT2D eigenvalue weighted by Gasteiger charge is -2.18. The van der Waals surface area contributed by atoms with Gasteiger partial charge in [-0.3, -0.25) is 0 Å². The van der Waals surface area contributed by atoms with E-state index in [9.17, 15) is 8.42 Å². The van der Waals surface area contributed by atoms with Gasteiger partial charge in [0.15, 0.2) is 0 Å². The van der Waals surface area contributed by atoms with Gasteiger partial charge in [-0.2, -0.15) is 0 Å². The van der Waals surface area contributed by atoms with Crippen LogP contribution >= 0.6 is 11.6 Å². The second-order valence-electron chi connectivity index (χ2n) is 4.51. The van der Waals surface area contributed by atoms with Crippen LogP contribution in [0.2, 0.25) is 0 Å². The molecular formula is C14H22ClNO4S. The van der Waals surface area contributed by atoms with Gasteiger partial charge in [0, 0.05) is 32.9 Å². The Hall–Kier alpha value is -0.820. The summed E-state index contributed by atoms with van der Waals surface area (Å²) < 4.78 is 36.6. The summed E-state index contributed by atoms with van der Waals surface area (Å²) in [5.74, 6) is 0.819. The highest BCUT2D eigenvalue weighted by Gasteiger charge is 2.21. The van der Waals surface area contributed by atoms with E-state index in [1.807, 2.05) is 6.92 Å². The Kier molecular flexibility index (Phi) is 7.45. The Morgan fingerprint density at radius 1 is 1.33 bits per heavy atom. The van der Waals surface area contributed by atoms with Crippen LogP contribution in [0.15, 0.2) is 23.1 Å². The van der Waals surface area contributed by atoms with Crippen LogP contribution in [0.3, 0.4) is 0 Å². The molecule has 0 fully saturated rings. The number of hydrogen-bond donors (Lipinski definition) is 0. The van der Waals surface area contributed by atoms with Crippen LogP contribution in [0.1, 0.15) is 18.9 Å². The van der Waals surface area contributed by atoms with Crippen LogP contribution in [0.4, 0.5) is 0 Å². The van der Waals surface area contributed by atoms with E-state index in [1.165, 1.54) is 4.31 Å². The molecule has 0 bridgehead atoms. The molecule has 0 atom stereocenters. The molecule has 0 aliphatic rings. The van der Waals surface area contributed by atoms with Crippen molar-refractivity contribution >= 4 is 21.6 Å². The number of benzene rings is 1. The molecule has 0 aromatic heterocycles. The minimum Gasteiger partial charge on any atom is -0.494 e. The van der Waals surface area contributed by atoms with E-state index in [0.717, 1.165) is 0 Å². The van der Waals surface area contributed by atoms with Crippen LogP contribution in [-0.2, 0) is 20.6 Å². The Morgan fingerprint density at radius 2 is 2.05 bits per heavy atom. The maximum Gasteiger partial charge on any atom is 0.242 e. The predicted octanol–water partition coefficient (Wildman–Crippen LogP) is 2.48. The zero-order valence-electron chi connectivity index (χ0n) is 12.6. The van der Waals surface area contributed by atoms with Gasteiger partial charge in [0.2, 0.25) is 10.0 Å². The monoisotopic (exact) mass is 335 g/mol. The van der Waals surface area contributed by atoms with Gasteiger partial charge in [0.25, 0.3) is 0 Å². The summed E-state index contributed by atoms with van der Waals surface area (Å²) in [4.78, 5) is 0.224. The van der Waals surface area contributed by atoms with Crippen LogP contribution in [0.25, 0.3) is 0 Å². The highest BCUT2D eigenvalue weighted by atomic mass is 35.5. The number of sulfonamides is 1. The third-order valence-electron chi connectivity index (χ3n) is 3.01. The SMILES string of the molecule is CCOc1ccc(S(=O)(=O)N(C)CCCOC)cc1CCl. The van der Waals surface area contributed by atoms with Crippen molar-refractivity contribution < 1.29 is 17.9 Å². The van der Waals surface area contributed by atoms with Gasteiger partial charge >= 0.3 is 0 Å². The molecule has 120 valence electrons. The Labute approximate surface area is 131 Å². The predicted molar refractivity (Wildman–Crippen MR) is 83.5 cm³/mol. The number of hydrogen-bond acceptors (Lipinski definition) is 4. The van der Waals surface area contributed by atoms with Gasteiger partial charge in [-0.05, 0) is 31.5 Å². The van der Waals surface area contributed by atoms with Gasteiger partial charge in [-0.25, -0.2) is 12.7 Å². The first kappa shape index (κ1) is 18.2. The number of ether oxygens (including phenoxy) is 2.